The van der Waals surface area contributed by atoms with E-state index in [0.29, 0.717) is 22.8 Å². The Kier molecular flexibility index (Phi) is 4.20. The van der Waals surface area contributed by atoms with Crippen LogP contribution in [-0.4, -0.2) is 19.7 Å². The topological polar surface area (TPSA) is 63.6 Å². The van der Waals surface area contributed by atoms with Crippen LogP contribution in [0.4, 0.5) is 13.2 Å². The monoisotopic (exact) mass is 348 g/mol. The van der Waals surface area contributed by atoms with Gasteiger partial charge in [0.2, 0.25) is 0 Å². The van der Waals surface area contributed by atoms with Gasteiger partial charge in [0.1, 0.15) is 11.5 Å². The summed E-state index contributed by atoms with van der Waals surface area (Å²) < 4.78 is 39.6. The van der Waals surface area contributed by atoms with Crippen molar-refractivity contribution in [1.29, 1.82) is 0 Å². The van der Waals surface area contributed by atoms with E-state index in [1.54, 1.807) is 23.9 Å². The normalized spacial score (nSPS) is 13.0. The first-order valence-electron chi connectivity index (χ1n) is 7.55. The highest BCUT2D eigenvalue weighted by Gasteiger charge is 2.30. The third-order valence-corrected chi connectivity index (χ3v) is 3.85. The maximum absolute atomic E-state index is 12.6. The van der Waals surface area contributed by atoms with E-state index in [4.69, 9.17) is 0 Å². The lowest BCUT2D eigenvalue weighted by Gasteiger charge is -2.14. The number of benzene rings is 1. The van der Waals surface area contributed by atoms with Gasteiger partial charge in [-0.05, 0) is 37.6 Å². The van der Waals surface area contributed by atoms with Crippen molar-refractivity contribution < 1.29 is 13.2 Å². The Bertz CT molecular complexity index is 942. The van der Waals surface area contributed by atoms with Crippen LogP contribution < -0.4 is 5.56 Å². The molecule has 5 nitrogen and oxygen atoms in total. The molecule has 0 aliphatic rings. The molecule has 0 radical (unpaired) electrons. The SMILES string of the molecule is Cc1nc(-c2ccn([C@@H](C)c3ccc(C(F)(F)F)cc3)n2)cc(=O)[nH]1. The number of H-pyrrole nitrogens is 1. The molecule has 0 unspecified atom stereocenters. The van der Waals surface area contributed by atoms with Crippen molar-refractivity contribution in [3.05, 3.63) is 69.9 Å². The van der Waals surface area contributed by atoms with E-state index in [2.05, 4.69) is 15.1 Å². The van der Waals surface area contributed by atoms with Gasteiger partial charge in [0.05, 0.1) is 17.3 Å². The van der Waals surface area contributed by atoms with Gasteiger partial charge in [-0.1, -0.05) is 12.1 Å². The van der Waals surface area contributed by atoms with Crippen LogP contribution in [0.5, 0.6) is 0 Å². The van der Waals surface area contributed by atoms with Crippen LogP contribution in [0.2, 0.25) is 0 Å². The largest absolute Gasteiger partial charge is 0.416 e. The summed E-state index contributed by atoms with van der Waals surface area (Å²) in [5.41, 5.74) is 0.700. The highest BCUT2D eigenvalue weighted by molar-refractivity contribution is 5.52. The summed E-state index contributed by atoms with van der Waals surface area (Å²) in [6.45, 7) is 3.50. The highest BCUT2D eigenvalue weighted by Crippen LogP contribution is 2.30. The van der Waals surface area contributed by atoms with Gasteiger partial charge < -0.3 is 4.98 Å². The van der Waals surface area contributed by atoms with Gasteiger partial charge in [-0.3, -0.25) is 9.48 Å². The van der Waals surface area contributed by atoms with Gasteiger partial charge in [-0.25, -0.2) is 4.98 Å². The molecular formula is C17H15F3N4O. The Hall–Kier alpha value is -2.90. The summed E-state index contributed by atoms with van der Waals surface area (Å²) in [6, 6.07) is 7.77. The first-order chi connectivity index (χ1) is 11.7. The van der Waals surface area contributed by atoms with E-state index in [1.807, 2.05) is 6.92 Å². The van der Waals surface area contributed by atoms with Crippen LogP contribution in [0.15, 0.2) is 47.4 Å². The van der Waals surface area contributed by atoms with Gasteiger partial charge >= 0.3 is 6.18 Å². The molecule has 8 heteroatoms. The summed E-state index contributed by atoms with van der Waals surface area (Å²) in [4.78, 5) is 18.3. The van der Waals surface area contributed by atoms with Crippen LogP contribution in [0, 0.1) is 6.92 Å². The fraction of sp³-hybridized carbons (Fsp3) is 0.235. The van der Waals surface area contributed by atoms with Gasteiger partial charge in [0, 0.05) is 12.3 Å². The Morgan fingerprint density at radius 1 is 1.12 bits per heavy atom. The van der Waals surface area contributed by atoms with Crippen LogP contribution in [0.1, 0.15) is 29.9 Å². The van der Waals surface area contributed by atoms with Crippen molar-refractivity contribution in [1.82, 2.24) is 19.7 Å². The average Bonchev–Trinajstić information content (AvgIpc) is 3.02. The smallest absolute Gasteiger partial charge is 0.311 e. The molecule has 0 saturated heterocycles. The number of halogens is 3. The molecule has 2 aromatic heterocycles. The molecule has 25 heavy (non-hydrogen) atoms. The first kappa shape index (κ1) is 16.9. The van der Waals surface area contributed by atoms with Crippen LogP contribution in [-0.2, 0) is 6.18 Å². The first-order valence-corrected chi connectivity index (χ1v) is 7.55. The van der Waals surface area contributed by atoms with Crippen molar-refractivity contribution in [3.8, 4) is 11.4 Å². The minimum atomic E-state index is -4.36. The number of hydrogen-bond donors (Lipinski definition) is 1. The Morgan fingerprint density at radius 3 is 2.40 bits per heavy atom. The molecule has 1 aromatic carbocycles. The van der Waals surface area contributed by atoms with Crippen molar-refractivity contribution in [3.63, 3.8) is 0 Å². The number of nitrogens with one attached hydrogen (secondary N) is 1. The zero-order valence-electron chi connectivity index (χ0n) is 13.5. The third kappa shape index (κ3) is 3.62. The number of aryl methyl sites for hydroxylation is 1. The number of aromatic nitrogens is 4. The third-order valence-electron chi connectivity index (χ3n) is 3.85. The molecule has 130 valence electrons. The molecule has 3 aromatic rings. The summed E-state index contributed by atoms with van der Waals surface area (Å²) >= 11 is 0. The minimum Gasteiger partial charge on any atom is -0.311 e. The molecule has 0 fully saturated rings. The van der Waals surface area contributed by atoms with E-state index in [-0.39, 0.29) is 11.6 Å². The predicted octanol–water partition coefficient (Wildman–Crippen LogP) is 3.57. The fourth-order valence-corrected chi connectivity index (χ4v) is 2.50. The lowest BCUT2D eigenvalue weighted by atomic mass is 10.1. The summed E-state index contributed by atoms with van der Waals surface area (Å²) in [6.07, 6.45) is -2.65. The number of hydrogen-bond acceptors (Lipinski definition) is 3. The molecule has 2 heterocycles. The number of rotatable bonds is 3. The summed E-state index contributed by atoms with van der Waals surface area (Å²) in [5.74, 6) is 0.479. The van der Waals surface area contributed by atoms with E-state index in [9.17, 15) is 18.0 Å². The molecule has 0 bridgehead atoms. The van der Waals surface area contributed by atoms with E-state index in [0.717, 1.165) is 12.1 Å². The standard InChI is InChI=1S/C17H15F3N4O/c1-10(12-3-5-13(6-4-12)17(18,19)20)24-8-7-14(23-24)15-9-16(25)22-11(2)21-15/h3-10H,1-2H3,(H,21,22,25)/t10-/m0/s1. The summed E-state index contributed by atoms with van der Waals surface area (Å²) in [7, 11) is 0. The van der Waals surface area contributed by atoms with Crippen molar-refractivity contribution in [2.24, 2.45) is 0 Å². The zero-order chi connectivity index (χ0) is 18.2. The molecule has 0 aliphatic carbocycles. The van der Waals surface area contributed by atoms with Gasteiger partial charge in [-0.15, -0.1) is 0 Å². The van der Waals surface area contributed by atoms with Crippen LogP contribution in [0.25, 0.3) is 11.4 Å². The van der Waals surface area contributed by atoms with Gasteiger partial charge in [0.25, 0.3) is 5.56 Å². The van der Waals surface area contributed by atoms with Gasteiger partial charge in [-0.2, -0.15) is 18.3 Å². The molecule has 0 amide bonds. The molecule has 0 aliphatic heterocycles. The second-order valence-electron chi connectivity index (χ2n) is 5.69. The lowest BCUT2D eigenvalue weighted by Crippen LogP contribution is -2.10. The second kappa shape index (κ2) is 6.19. The second-order valence-corrected chi connectivity index (χ2v) is 5.69. The van der Waals surface area contributed by atoms with E-state index >= 15 is 0 Å². The number of nitrogens with zero attached hydrogens (tertiary/aromatic N) is 3. The highest BCUT2D eigenvalue weighted by atomic mass is 19.4. The maximum Gasteiger partial charge on any atom is 0.416 e. The Balaban J connectivity index is 1.87. The number of aromatic amines is 1. The minimum absolute atomic E-state index is 0.265. The Labute approximate surface area is 141 Å². The van der Waals surface area contributed by atoms with Crippen molar-refractivity contribution >= 4 is 0 Å². The van der Waals surface area contributed by atoms with Crippen molar-refractivity contribution in [2.75, 3.05) is 0 Å². The molecular weight excluding hydrogens is 333 g/mol. The van der Waals surface area contributed by atoms with Crippen molar-refractivity contribution in [2.45, 2.75) is 26.1 Å². The van der Waals surface area contributed by atoms with E-state index < -0.39 is 11.7 Å². The summed E-state index contributed by atoms with van der Waals surface area (Å²) in [5, 5.41) is 4.39. The molecule has 3 rings (SSSR count). The molecule has 1 atom stereocenters. The zero-order valence-corrected chi connectivity index (χ0v) is 13.5. The Morgan fingerprint density at radius 2 is 1.80 bits per heavy atom. The fourth-order valence-electron chi connectivity index (χ4n) is 2.50. The quantitative estimate of drug-likeness (QED) is 0.787. The lowest BCUT2D eigenvalue weighted by molar-refractivity contribution is -0.137. The number of alkyl halides is 3. The average molecular weight is 348 g/mol. The molecule has 1 N–H and O–H groups in total. The maximum atomic E-state index is 12.6. The van der Waals surface area contributed by atoms with Crippen LogP contribution in [0.3, 0.4) is 0 Å². The van der Waals surface area contributed by atoms with Crippen LogP contribution >= 0.6 is 0 Å². The van der Waals surface area contributed by atoms with Gasteiger partial charge in [0.15, 0.2) is 0 Å². The molecule has 0 spiro atoms. The predicted molar refractivity (Wildman–Crippen MR) is 86.1 cm³/mol. The van der Waals surface area contributed by atoms with E-state index in [1.165, 1.54) is 18.2 Å². The molecule has 0 saturated carbocycles.